The van der Waals surface area contributed by atoms with Crippen LogP contribution >= 0.6 is 23.2 Å². The molecule has 0 saturated carbocycles. The van der Waals surface area contributed by atoms with Crippen LogP contribution in [0.4, 0.5) is 0 Å². The minimum Gasteiger partial charge on any atom is -0.494 e. The molecule has 0 bridgehead atoms. The highest BCUT2D eigenvalue weighted by atomic mass is 35.5. The molecule has 1 amide bonds. The Kier molecular flexibility index (Phi) is 7.93. The van der Waals surface area contributed by atoms with Crippen molar-refractivity contribution in [3.63, 3.8) is 0 Å². The van der Waals surface area contributed by atoms with E-state index in [0.717, 1.165) is 17.1 Å². The average Bonchev–Trinajstić information content (AvgIpc) is 2.77. The molecule has 31 heavy (non-hydrogen) atoms. The summed E-state index contributed by atoms with van der Waals surface area (Å²) in [6.45, 7) is 4.72. The summed E-state index contributed by atoms with van der Waals surface area (Å²) in [5.41, 5.74) is 5.26. The Bertz CT molecular complexity index is 1070. The van der Waals surface area contributed by atoms with Crippen LogP contribution < -0.4 is 14.9 Å². The lowest BCUT2D eigenvalue weighted by atomic mass is 10.1. The maximum Gasteiger partial charge on any atom is 0.271 e. The smallest absolute Gasteiger partial charge is 0.271 e. The zero-order valence-corrected chi connectivity index (χ0v) is 18.7. The van der Waals surface area contributed by atoms with Gasteiger partial charge < -0.3 is 9.47 Å². The molecule has 0 aliphatic heterocycles. The quantitative estimate of drug-likeness (QED) is 0.327. The molecule has 3 rings (SSSR count). The van der Waals surface area contributed by atoms with E-state index in [1.165, 1.54) is 0 Å². The molecule has 0 heterocycles. The van der Waals surface area contributed by atoms with E-state index in [-0.39, 0.29) is 5.91 Å². The van der Waals surface area contributed by atoms with Crippen LogP contribution in [-0.4, -0.2) is 18.2 Å². The first kappa shape index (κ1) is 22.7. The van der Waals surface area contributed by atoms with Crippen molar-refractivity contribution >= 4 is 34.8 Å². The van der Waals surface area contributed by atoms with E-state index < -0.39 is 0 Å². The topological polar surface area (TPSA) is 59.9 Å². The normalized spacial score (nSPS) is 11.2. The Morgan fingerprint density at radius 3 is 2.19 bits per heavy atom. The first-order chi connectivity index (χ1) is 15.0. The number of benzene rings is 3. The average molecular weight is 457 g/mol. The molecule has 1 N–H and O–H groups in total. The molecule has 5 nitrogen and oxygen atoms in total. The summed E-state index contributed by atoms with van der Waals surface area (Å²) in [5.74, 6) is 1.24. The number of amides is 1. The predicted molar refractivity (Wildman–Crippen MR) is 125 cm³/mol. The van der Waals surface area contributed by atoms with Crippen LogP contribution in [0.25, 0.3) is 0 Å². The van der Waals surface area contributed by atoms with Gasteiger partial charge in [0.1, 0.15) is 18.1 Å². The van der Waals surface area contributed by atoms with Gasteiger partial charge in [-0.2, -0.15) is 5.10 Å². The summed E-state index contributed by atoms with van der Waals surface area (Å²) in [4.78, 5) is 12.4. The molecule has 0 saturated heterocycles. The van der Waals surface area contributed by atoms with Crippen LogP contribution in [0.15, 0.2) is 71.8 Å². The predicted octanol–water partition coefficient (Wildman–Crippen LogP) is 6.13. The Balaban J connectivity index is 1.55. The Hall–Kier alpha value is -3.02. The molecule has 3 aromatic carbocycles. The van der Waals surface area contributed by atoms with E-state index in [1.807, 2.05) is 43.3 Å². The van der Waals surface area contributed by atoms with Gasteiger partial charge >= 0.3 is 0 Å². The Morgan fingerprint density at radius 1 is 0.935 bits per heavy atom. The van der Waals surface area contributed by atoms with E-state index in [4.69, 9.17) is 32.7 Å². The standard InChI is InChI=1S/C24H22Cl2N2O3/c1-3-30-20-9-11-21(12-10-20)31-15-17-4-6-18(7-5-17)24(29)28-27-16(2)22-13-8-19(25)14-23(22)26/h4-14H,3,15H2,1-2H3,(H,28,29)/b27-16+. The van der Waals surface area contributed by atoms with Crippen LogP contribution in [0.3, 0.4) is 0 Å². The van der Waals surface area contributed by atoms with Crippen LogP contribution in [0.5, 0.6) is 11.5 Å². The lowest BCUT2D eigenvalue weighted by Gasteiger charge is -2.09. The summed E-state index contributed by atoms with van der Waals surface area (Å²) >= 11 is 12.1. The number of ether oxygens (including phenoxy) is 2. The number of nitrogens with zero attached hydrogens (tertiary/aromatic N) is 1. The molecule has 0 aliphatic carbocycles. The fourth-order valence-electron chi connectivity index (χ4n) is 2.76. The number of carbonyl (C=O) groups excluding carboxylic acids is 1. The molecule has 0 aromatic heterocycles. The van der Waals surface area contributed by atoms with Crippen molar-refractivity contribution < 1.29 is 14.3 Å². The van der Waals surface area contributed by atoms with E-state index in [9.17, 15) is 4.79 Å². The number of hydrogen-bond acceptors (Lipinski definition) is 4. The van der Waals surface area contributed by atoms with Gasteiger partial charge in [0.2, 0.25) is 0 Å². The molecular weight excluding hydrogens is 435 g/mol. The summed E-state index contributed by atoms with van der Waals surface area (Å²) in [6.07, 6.45) is 0. The second-order valence-corrected chi connectivity index (χ2v) is 7.50. The van der Waals surface area contributed by atoms with Crippen molar-refractivity contribution in [2.75, 3.05) is 6.61 Å². The van der Waals surface area contributed by atoms with Crippen molar-refractivity contribution in [2.24, 2.45) is 5.10 Å². The molecule has 0 radical (unpaired) electrons. The molecule has 0 aliphatic rings. The Labute approximate surface area is 191 Å². The van der Waals surface area contributed by atoms with Gasteiger partial charge in [0.05, 0.1) is 17.3 Å². The van der Waals surface area contributed by atoms with Crippen LogP contribution in [-0.2, 0) is 6.61 Å². The number of halogens is 2. The molecule has 0 fully saturated rings. The van der Waals surface area contributed by atoms with Crippen molar-refractivity contribution in [1.82, 2.24) is 5.43 Å². The third kappa shape index (κ3) is 6.48. The number of rotatable bonds is 8. The number of nitrogens with one attached hydrogen (secondary N) is 1. The molecule has 0 unspecified atom stereocenters. The van der Waals surface area contributed by atoms with E-state index >= 15 is 0 Å². The highest BCUT2D eigenvalue weighted by Crippen LogP contribution is 2.22. The SMILES string of the molecule is CCOc1ccc(OCc2ccc(C(=O)N/N=C(\C)c3ccc(Cl)cc3Cl)cc2)cc1. The first-order valence-corrected chi connectivity index (χ1v) is 10.5. The first-order valence-electron chi connectivity index (χ1n) is 9.71. The van der Waals surface area contributed by atoms with Crippen molar-refractivity contribution in [3.05, 3.63) is 93.5 Å². The summed E-state index contributed by atoms with van der Waals surface area (Å²) in [6, 6.07) is 19.7. The zero-order valence-electron chi connectivity index (χ0n) is 17.2. The fraction of sp³-hybridized carbons (Fsp3) is 0.167. The molecular formula is C24H22Cl2N2O3. The molecule has 3 aromatic rings. The van der Waals surface area contributed by atoms with Gasteiger partial charge in [0.25, 0.3) is 5.91 Å². The van der Waals surface area contributed by atoms with Gasteiger partial charge in [-0.05, 0) is 67.9 Å². The van der Waals surface area contributed by atoms with Gasteiger partial charge in [-0.1, -0.05) is 41.4 Å². The highest BCUT2D eigenvalue weighted by molar-refractivity contribution is 6.37. The minimum atomic E-state index is -0.316. The monoisotopic (exact) mass is 456 g/mol. The van der Waals surface area contributed by atoms with Crippen molar-refractivity contribution in [3.8, 4) is 11.5 Å². The zero-order chi connectivity index (χ0) is 22.2. The largest absolute Gasteiger partial charge is 0.494 e. The van der Waals surface area contributed by atoms with E-state index in [0.29, 0.717) is 40.1 Å². The minimum absolute atomic E-state index is 0.316. The van der Waals surface area contributed by atoms with Gasteiger partial charge in [-0.15, -0.1) is 0 Å². The van der Waals surface area contributed by atoms with Crippen LogP contribution in [0.1, 0.15) is 35.3 Å². The molecule has 7 heteroatoms. The summed E-state index contributed by atoms with van der Waals surface area (Å²) in [7, 11) is 0. The third-order valence-corrected chi connectivity index (χ3v) is 4.95. The van der Waals surface area contributed by atoms with Crippen LogP contribution in [0.2, 0.25) is 10.0 Å². The maximum atomic E-state index is 12.4. The van der Waals surface area contributed by atoms with Crippen molar-refractivity contribution in [1.29, 1.82) is 0 Å². The Morgan fingerprint density at radius 2 is 1.58 bits per heavy atom. The lowest BCUT2D eigenvalue weighted by Crippen LogP contribution is -2.19. The van der Waals surface area contributed by atoms with Gasteiger partial charge in [0, 0.05) is 16.1 Å². The summed E-state index contributed by atoms with van der Waals surface area (Å²) < 4.78 is 11.2. The number of hydrazone groups is 1. The number of hydrogen-bond donors (Lipinski definition) is 1. The molecule has 0 atom stereocenters. The lowest BCUT2D eigenvalue weighted by molar-refractivity contribution is 0.0955. The van der Waals surface area contributed by atoms with Crippen molar-refractivity contribution in [2.45, 2.75) is 20.5 Å². The molecule has 0 spiro atoms. The van der Waals surface area contributed by atoms with Gasteiger partial charge in [-0.3, -0.25) is 4.79 Å². The second-order valence-electron chi connectivity index (χ2n) is 6.65. The van der Waals surface area contributed by atoms with Crippen LogP contribution in [0, 0.1) is 0 Å². The number of carbonyl (C=O) groups is 1. The molecule has 160 valence electrons. The van der Waals surface area contributed by atoms with E-state index in [2.05, 4.69) is 10.5 Å². The second kappa shape index (κ2) is 10.8. The maximum absolute atomic E-state index is 12.4. The fourth-order valence-corrected chi connectivity index (χ4v) is 3.31. The van der Waals surface area contributed by atoms with Gasteiger partial charge in [0.15, 0.2) is 0 Å². The van der Waals surface area contributed by atoms with E-state index in [1.54, 1.807) is 37.3 Å². The highest BCUT2D eigenvalue weighted by Gasteiger charge is 2.08. The third-order valence-electron chi connectivity index (χ3n) is 4.40. The summed E-state index contributed by atoms with van der Waals surface area (Å²) in [5, 5.41) is 5.15. The van der Waals surface area contributed by atoms with Gasteiger partial charge in [-0.25, -0.2) is 5.43 Å².